The van der Waals surface area contributed by atoms with Gasteiger partial charge in [0.15, 0.2) is 0 Å². The maximum absolute atomic E-state index is 13.4. The van der Waals surface area contributed by atoms with E-state index < -0.39 is 5.97 Å². The van der Waals surface area contributed by atoms with Gasteiger partial charge in [-0.2, -0.15) is 0 Å². The number of carbonyl (C=O) groups excluding carboxylic acids is 1. The molecule has 1 atom stereocenters. The number of para-hydroxylation sites is 1. The molecule has 0 bridgehead atoms. The van der Waals surface area contributed by atoms with Crippen molar-refractivity contribution in [2.75, 3.05) is 20.1 Å². The fourth-order valence-corrected chi connectivity index (χ4v) is 5.55. The van der Waals surface area contributed by atoms with Crippen LogP contribution in [0.3, 0.4) is 0 Å². The molecule has 1 amide bonds. The van der Waals surface area contributed by atoms with E-state index in [0.717, 1.165) is 47.1 Å². The molecule has 0 aliphatic carbocycles. The predicted molar refractivity (Wildman–Crippen MR) is 156 cm³/mol. The van der Waals surface area contributed by atoms with Crippen LogP contribution in [0.2, 0.25) is 0 Å². The van der Waals surface area contributed by atoms with Crippen molar-refractivity contribution >= 4 is 22.8 Å². The number of aromatic nitrogens is 1. The predicted octanol–water partition coefficient (Wildman–Crippen LogP) is 6.36. The van der Waals surface area contributed by atoms with E-state index in [4.69, 9.17) is 0 Å². The van der Waals surface area contributed by atoms with Gasteiger partial charge in [-0.25, -0.2) is 4.79 Å². The van der Waals surface area contributed by atoms with Crippen LogP contribution >= 0.6 is 0 Å². The number of piperidine rings is 1. The van der Waals surface area contributed by atoms with E-state index in [1.165, 1.54) is 5.56 Å². The van der Waals surface area contributed by atoms with Crippen molar-refractivity contribution in [3.8, 4) is 5.69 Å². The van der Waals surface area contributed by atoms with E-state index in [-0.39, 0.29) is 22.9 Å². The Bertz CT molecular complexity index is 1480. The zero-order chi connectivity index (χ0) is 27.7. The molecule has 39 heavy (non-hydrogen) atoms. The molecule has 1 aromatic heterocycles. The Kier molecular flexibility index (Phi) is 7.32. The van der Waals surface area contributed by atoms with Crippen molar-refractivity contribution in [3.63, 3.8) is 0 Å². The molecule has 4 aromatic rings. The normalized spacial score (nSPS) is 16.1. The molecule has 2 heterocycles. The van der Waals surface area contributed by atoms with Crippen LogP contribution in [0, 0.1) is 0 Å². The van der Waals surface area contributed by atoms with Gasteiger partial charge >= 0.3 is 5.97 Å². The molecule has 0 radical (unpaired) electrons. The van der Waals surface area contributed by atoms with Gasteiger partial charge < -0.3 is 14.6 Å². The summed E-state index contributed by atoms with van der Waals surface area (Å²) in [5.41, 5.74) is 5.37. The zero-order valence-electron chi connectivity index (χ0n) is 23.2. The van der Waals surface area contributed by atoms with Crippen LogP contribution in [0.4, 0.5) is 0 Å². The first kappa shape index (κ1) is 26.7. The second kappa shape index (κ2) is 10.7. The first-order chi connectivity index (χ1) is 18.6. The summed E-state index contributed by atoms with van der Waals surface area (Å²) in [6, 6.07) is 23.7. The summed E-state index contributed by atoms with van der Waals surface area (Å²) in [6.07, 6.45) is 4.08. The monoisotopic (exact) mass is 523 g/mol. The highest BCUT2D eigenvalue weighted by Crippen LogP contribution is 2.29. The van der Waals surface area contributed by atoms with Crippen LogP contribution in [0.5, 0.6) is 0 Å². The van der Waals surface area contributed by atoms with E-state index in [9.17, 15) is 14.7 Å². The summed E-state index contributed by atoms with van der Waals surface area (Å²) in [5.74, 6) is -0.846. The van der Waals surface area contributed by atoms with Gasteiger partial charge in [0.05, 0.1) is 11.1 Å². The number of carbonyl (C=O) groups is 2. The van der Waals surface area contributed by atoms with Gasteiger partial charge in [0, 0.05) is 48.5 Å². The average Bonchev–Trinajstić information content (AvgIpc) is 3.30. The molecular formula is C33H37N3O3. The summed E-state index contributed by atoms with van der Waals surface area (Å²) in [5, 5.41) is 10.6. The minimum Gasteiger partial charge on any atom is -0.478 e. The lowest BCUT2D eigenvalue weighted by molar-refractivity contribution is 0.0602. The molecule has 0 spiro atoms. The number of amides is 1. The van der Waals surface area contributed by atoms with Crippen LogP contribution in [-0.4, -0.2) is 57.5 Å². The third kappa shape index (κ3) is 5.62. The van der Waals surface area contributed by atoms with E-state index in [0.29, 0.717) is 13.1 Å². The molecule has 6 nitrogen and oxygen atoms in total. The Balaban J connectivity index is 1.37. The summed E-state index contributed by atoms with van der Waals surface area (Å²) in [4.78, 5) is 29.4. The molecule has 5 rings (SSSR count). The Morgan fingerprint density at radius 3 is 2.33 bits per heavy atom. The van der Waals surface area contributed by atoms with E-state index >= 15 is 0 Å². The largest absolute Gasteiger partial charge is 0.478 e. The summed E-state index contributed by atoms with van der Waals surface area (Å²) >= 11 is 0. The summed E-state index contributed by atoms with van der Waals surface area (Å²) in [6.45, 7) is 8.62. The Morgan fingerprint density at radius 2 is 1.67 bits per heavy atom. The van der Waals surface area contributed by atoms with Gasteiger partial charge in [0.1, 0.15) is 0 Å². The smallest absolute Gasteiger partial charge is 0.335 e. The number of nitrogens with zero attached hydrogens (tertiary/aromatic N) is 3. The Morgan fingerprint density at radius 1 is 0.974 bits per heavy atom. The number of benzene rings is 3. The molecule has 3 aromatic carbocycles. The van der Waals surface area contributed by atoms with Gasteiger partial charge in [-0.3, -0.25) is 9.69 Å². The fraction of sp³-hybridized carbons (Fsp3) is 0.333. The quantitative estimate of drug-likeness (QED) is 0.319. The number of rotatable bonds is 6. The van der Waals surface area contributed by atoms with Crippen LogP contribution in [0.25, 0.3) is 16.6 Å². The molecular weight excluding hydrogens is 486 g/mol. The Labute approximate surface area is 230 Å². The molecule has 1 fully saturated rings. The van der Waals surface area contributed by atoms with Crippen molar-refractivity contribution < 1.29 is 14.7 Å². The standard InChI is InChI=1S/C33H37N3O3/c1-33(2,3)26-15-12-23(13-16-26)31(37)35-18-8-11-28(22-35)34(4)20-25-21-36(27-9-6-5-7-10-27)30-17-14-24(32(38)39)19-29(25)30/h5-7,9-10,12-17,19,21,28H,8,11,18,20,22H2,1-4H3,(H,38,39). The minimum absolute atomic E-state index is 0.0510. The van der Waals surface area contributed by atoms with Gasteiger partial charge in [0.2, 0.25) is 0 Å². The van der Waals surface area contributed by atoms with Gasteiger partial charge in [-0.15, -0.1) is 0 Å². The van der Waals surface area contributed by atoms with Crippen LogP contribution in [0.15, 0.2) is 79.0 Å². The molecule has 6 heteroatoms. The number of carboxylic acid groups (broad SMARTS) is 1. The fourth-order valence-electron chi connectivity index (χ4n) is 5.55. The number of carboxylic acids is 1. The lowest BCUT2D eigenvalue weighted by atomic mass is 9.86. The number of hydrogen-bond donors (Lipinski definition) is 1. The highest BCUT2D eigenvalue weighted by atomic mass is 16.4. The summed E-state index contributed by atoms with van der Waals surface area (Å²) < 4.78 is 2.13. The third-order valence-electron chi connectivity index (χ3n) is 7.89. The van der Waals surface area contributed by atoms with E-state index in [1.807, 2.05) is 41.3 Å². The maximum Gasteiger partial charge on any atom is 0.335 e. The van der Waals surface area contributed by atoms with Crippen LogP contribution < -0.4 is 0 Å². The van der Waals surface area contributed by atoms with Crippen LogP contribution in [-0.2, 0) is 12.0 Å². The molecule has 1 saturated heterocycles. The van der Waals surface area contributed by atoms with Crippen molar-refractivity contribution in [2.45, 2.75) is 51.6 Å². The highest BCUT2D eigenvalue weighted by Gasteiger charge is 2.28. The van der Waals surface area contributed by atoms with Gasteiger partial charge in [0.25, 0.3) is 5.91 Å². The second-order valence-electron chi connectivity index (χ2n) is 11.7. The van der Waals surface area contributed by atoms with Crippen molar-refractivity contribution in [1.82, 2.24) is 14.4 Å². The van der Waals surface area contributed by atoms with Crippen molar-refractivity contribution in [2.24, 2.45) is 0 Å². The first-order valence-electron chi connectivity index (χ1n) is 13.6. The molecule has 1 unspecified atom stereocenters. The molecule has 1 aliphatic heterocycles. The lowest BCUT2D eigenvalue weighted by Gasteiger charge is -2.37. The number of likely N-dealkylation sites (N-methyl/N-ethyl adjacent to an activating group) is 1. The molecule has 1 aliphatic rings. The minimum atomic E-state index is -0.930. The lowest BCUT2D eigenvalue weighted by Crippen LogP contribution is -2.48. The molecule has 0 saturated carbocycles. The molecule has 1 N–H and O–H groups in total. The number of fused-ring (bicyclic) bond motifs is 1. The zero-order valence-corrected chi connectivity index (χ0v) is 23.2. The SMILES string of the molecule is CN(Cc1cn(-c2ccccc2)c2ccc(C(=O)O)cc12)C1CCCN(C(=O)c2ccc(C(C)(C)C)cc2)C1. The maximum atomic E-state index is 13.4. The van der Waals surface area contributed by atoms with Crippen LogP contribution in [0.1, 0.15) is 65.5 Å². The molecule has 202 valence electrons. The second-order valence-corrected chi connectivity index (χ2v) is 11.7. The van der Waals surface area contributed by atoms with Crippen molar-refractivity contribution in [3.05, 3.63) is 101 Å². The van der Waals surface area contributed by atoms with E-state index in [2.05, 4.69) is 67.7 Å². The van der Waals surface area contributed by atoms with Gasteiger partial charge in [-0.05, 0) is 78.9 Å². The third-order valence-corrected chi connectivity index (χ3v) is 7.89. The summed E-state index contributed by atoms with van der Waals surface area (Å²) in [7, 11) is 2.10. The van der Waals surface area contributed by atoms with Gasteiger partial charge in [-0.1, -0.05) is 51.1 Å². The Hall–Kier alpha value is -3.90. The highest BCUT2D eigenvalue weighted by molar-refractivity contribution is 5.96. The number of hydrogen-bond acceptors (Lipinski definition) is 3. The van der Waals surface area contributed by atoms with Crippen molar-refractivity contribution in [1.29, 1.82) is 0 Å². The number of likely N-dealkylation sites (tertiary alicyclic amines) is 1. The number of aromatic carboxylic acids is 1. The topological polar surface area (TPSA) is 65.8 Å². The first-order valence-corrected chi connectivity index (χ1v) is 13.6. The van der Waals surface area contributed by atoms with E-state index in [1.54, 1.807) is 12.1 Å². The average molecular weight is 524 g/mol.